The van der Waals surface area contributed by atoms with E-state index in [4.69, 9.17) is 0 Å². The number of rotatable bonds is 2. The molecule has 3 rings (SSSR count). The molecule has 0 aromatic heterocycles. The normalized spacial score (nSPS) is 12.1. The van der Waals surface area contributed by atoms with Crippen molar-refractivity contribution in [2.45, 2.75) is 6.16 Å². The second kappa shape index (κ2) is 4.46. The van der Waals surface area contributed by atoms with E-state index in [0.717, 1.165) is 21.5 Å². The Balaban J connectivity index is 2.43. The van der Waals surface area contributed by atoms with E-state index in [1.165, 1.54) is 0 Å². The van der Waals surface area contributed by atoms with Gasteiger partial charge in [-0.25, -0.2) is 0 Å². The molecule has 4 heteroatoms. The molecule has 0 aliphatic carbocycles. The number of fused-ring (bicyclic) bond motifs is 2. The Labute approximate surface area is 110 Å². The Kier molecular flexibility index (Phi) is 2.90. The van der Waals surface area contributed by atoms with Gasteiger partial charge in [0, 0.05) is 6.16 Å². The van der Waals surface area contributed by atoms with E-state index in [0.29, 0.717) is 5.56 Å². The minimum Gasteiger partial charge on any atom is -0.810 e. The van der Waals surface area contributed by atoms with Crippen LogP contribution in [0, 0.1) is 0 Å². The predicted octanol–water partition coefficient (Wildman–Crippen LogP) is 2.41. The van der Waals surface area contributed by atoms with Gasteiger partial charge in [0.15, 0.2) is 0 Å². The van der Waals surface area contributed by atoms with E-state index in [1.54, 1.807) is 0 Å². The van der Waals surface area contributed by atoms with Gasteiger partial charge in [-0.05, 0) is 33.2 Å². The Hall–Kier alpha value is -1.67. The molecule has 19 heavy (non-hydrogen) atoms. The van der Waals surface area contributed by atoms with Crippen molar-refractivity contribution in [3.05, 3.63) is 60.2 Å². The molecule has 3 nitrogen and oxygen atoms in total. The van der Waals surface area contributed by atoms with Gasteiger partial charge in [-0.3, -0.25) is 0 Å². The van der Waals surface area contributed by atoms with Crippen LogP contribution in [-0.2, 0) is 10.7 Å². The summed E-state index contributed by atoms with van der Waals surface area (Å²) >= 11 is 0. The predicted molar refractivity (Wildman–Crippen MR) is 72.8 cm³/mol. The van der Waals surface area contributed by atoms with Crippen molar-refractivity contribution in [3.8, 4) is 0 Å². The molecule has 0 atom stereocenters. The van der Waals surface area contributed by atoms with Gasteiger partial charge in [-0.15, -0.1) is 0 Å². The van der Waals surface area contributed by atoms with E-state index in [-0.39, 0.29) is 0 Å². The van der Waals surface area contributed by atoms with Crippen LogP contribution in [0.5, 0.6) is 0 Å². The van der Waals surface area contributed by atoms with Crippen LogP contribution in [0.25, 0.3) is 21.5 Å². The number of benzene rings is 3. The highest BCUT2D eigenvalue weighted by Gasteiger charge is 2.08. The standard InChI is InChI=1S/C15H13O3P/c16-19(17,18)10-15-13-7-3-1-5-11(13)9-12-6-2-4-8-14(12)15/h1-9H,10H2,(H2,16,17,18)/p-2. The molecule has 0 saturated heterocycles. The lowest BCUT2D eigenvalue weighted by atomic mass is 9.98. The van der Waals surface area contributed by atoms with Gasteiger partial charge >= 0.3 is 0 Å². The summed E-state index contributed by atoms with van der Waals surface area (Å²) in [4.78, 5) is 22.3. The van der Waals surface area contributed by atoms with Crippen LogP contribution in [0.15, 0.2) is 54.6 Å². The first-order valence-corrected chi connectivity index (χ1v) is 7.68. The van der Waals surface area contributed by atoms with Crippen molar-refractivity contribution in [1.29, 1.82) is 0 Å². The van der Waals surface area contributed by atoms with Crippen molar-refractivity contribution < 1.29 is 14.4 Å². The minimum absolute atomic E-state index is 0.450. The van der Waals surface area contributed by atoms with Gasteiger partial charge in [0.2, 0.25) is 0 Å². The monoisotopic (exact) mass is 270 g/mol. The molecule has 0 amide bonds. The van der Waals surface area contributed by atoms with Crippen molar-refractivity contribution in [2.24, 2.45) is 0 Å². The molecule has 0 unspecified atom stereocenters. The van der Waals surface area contributed by atoms with Crippen molar-refractivity contribution in [3.63, 3.8) is 0 Å². The molecule has 0 aliphatic rings. The fourth-order valence-electron chi connectivity index (χ4n) is 2.47. The fraction of sp³-hybridized carbons (Fsp3) is 0.0667. The van der Waals surface area contributed by atoms with Crippen molar-refractivity contribution in [2.75, 3.05) is 0 Å². The topological polar surface area (TPSA) is 63.2 Å². The second-order valence-electron chi connectivity index (χ2n) is 4.57. The summed E-state index contributed by atoms with van der Waals surface area (Å²) in [7, 11) is -4.60. The van der Waals surface area contributed by atoms with Gasteiger partial charge < -0.3 is 14.4 Å². The Morgan fingerprint density at radius 2 is 1.32 bits per heavy atom. The number of hydrogen-bond acceptors (Lipinski definition) is 3. The molecule has 0 aliphatic heterocycles. The second-order valence-corrected chi connectivity index (χ2v) is 6.10. The molecule has 0 spiro atoms. The first-order valence-electron chi connectivity index (χ1n) is 5.95. The molecule has 0 bridgehead atoms. The van der Waals surface area contributed by atoms with Crippen molar-refractivity contribution >= 4 is 29.1 Å². The molecule has 0 radical (unpaired) electrons. The van der Waals surface area contributed by atoms with E-state index in [9.17, 15) is 14.4 Å². The average Bonchev–Trinajstić information content (AvgIpc) is 2.37. The molecule has 0 fully saturated rings. The quantitative estimate of drug-likeness (QED) is 0.530. The Bertz CT molecular complexity index is 751. The lowest BCUT2D eigenvalue weighted by Gasteiger charge is -2.30. The molecule has 0 saturated carbocycles. The van der Waals surface area contributed by atoms with Crippen LogP contribution < -0.4 is 9.79 Å². The van der Waals surface area contributed by atoms with Gasteiger partial charge in [-0.2, -0.15) is 0 Å². The summed E-state index contributed by atoms with van der Waals surface area (Å²) in [5.74, 6) is 0. The third-order valence-electron chi connectivity index (χ3n) is 3.23. The first kappa shape index (κ1) is 12.4. The zero-order chi connectivity index (χ0) is 13.5. The highest BCUT2D eigenvalue weighted by molar-refractivity contribution is 7.47. The van der Waals surface area contributed by atoms with Crippen molar-refractivity contribution in [1.82, 2.24) is 0 Å². The van der Waals surface area contributed by atoms with E-state index in [2.05, 4.69) is 0 Å². The van der Waals surface area contributed by atoms with Crippen LogP contribution in [0.3, 0.4) is 0 Å². The van der Waals surface area contributed by atoms with E-state index in [1.807, 2.05) is 54.6 Å². The smallest absolute Gasteiger partial charge is 0.00145 e. The summed E-state index contributed by atoms with van der Waals surface area (Å²) in [5.41, 5.74) is 0.599. The third-order valence-corrected chi connectivity index (χ3v) is 3.94. The van der Waals surface area contributed by atoms with Crippen LogP contribution in [0.2, 0.25) is 0 Å². The van der Waals surface area contributed by atoms with Crippen LogP contribution in [0.4, 0.5) is 0 Å². The van der Waals surface area contributed by atoms with E-state index < -0.39 is 13.8 Å². The summed E-state index contributed by atoms with van der Waals surface area (Å²) in [6, 6.07) is 17.1. The van der Waals surface area contributed by atoms with E-state index >= 15 is 0 Å². The number of hydrogen-bond donors (Lipinski definition) is 0. The first-order chi connectivity index (χ1) is 9.04. The lowest BCUT2D eigenvalue weighted by molar-refractivity contribution is -0.314. The summed E-state index contributed by atoms with van der Waals surface area (Å²) in [6.07, 6.45) is -0.450. The van der Waals surface area contributed by atoms with Crippen LogP contribution in [0.1, 0.15) is 5.56 Å². The van der Waals surface area contributed by atoms with Crippen LogP contribution >= 0.6 is 7.60 Å². The Morgan fingerprint density at radius 3 is 1.79 bits per heavy atom. The average molecular weight is 270 g/mol. The van der Waals surface area contributed by atoms with Crippen LogP contribution in [-0.4, -0.2) is 0 Å². The SMILES string of the molecule is O=P([O-])([O-])Cc1c2ccccc2cc2ccccc12. The molecule has 3 aromatic carbocycles. The maximum Gasteiger partial charge on any atom is 0.00145 e. The lowest BCUT2D eigenvalue weighted by Crippen LogP contribution is -2.15. The molecule has 0 N–H and O–H groups in total. The Morgan fingerprint density at radius 1 is 0.842 bits per heavy atom. The molecular weight excluding hydrogens is 259 g/mol. The molecule has 96 valence electrons. The zero-order valence-electron chi connectivity index (χ0n) is 10.1. The molecular formula is C15H11O3P-2. The summed E-state index contributed by atoms with van der Waals surface area (Å²) in [5, 5.41) is 3.55. The summed E-state index contributed by atoms with van der Waals surface area (Å²) in [6.45, 7) is 0. The fourth-order valence-corrected chi connectivity index (χ4v) is 3.20. The molecule has 3 aromatic rings. The third kappa shape index (κ3) is 2.41. The van der Waals surface area contributed by atoms with Gasteiger partial charge in [0.1, 0.15) is 0 Å². The maximum absolute atomic E-state index is 11.2. The molecule has 0 heterocycles. The highest BCUT2D eigenvalue weighted by atomic mass is 31.2. The van der Waals surface area contributed by atoms with Gasteiger partial charge in [0.05, 0.1) is 0 Å². The largest absolute Gasteiger partial charge is 0.810 e. The zero-order valence-corrected chi connectivity index (χ0v) is 11.0. The minimum atomic E-state index is -4.60. The maximum atomic E-state index is 11.2. The highest BCUT2D eigenvalue weighted by Crippen LogP contribution is 2.37. The van der Waals surface area contributed by atoms with Gasteiger partial charge in [-0.1, -0.05) is 56.1 Å². The van der Waals surface area contributed by atoms with Gasteiger partial charge in [0.25, 0.3) is 0 Å². The summed E-state index contributed by atoms with van der Waals surface area (Å²) < 4.78 is 11.2.